The highest BCUT2D eigenvalue weighted by Crippen LogP contribution is 2.68. The molecule has 4 heterocycles. The van der Waals surface area contributed by atoms with Crippen molar-refractivity contribution in [2.45, 2.75) is 136 Å². The van der Waals surface area contributed by atoms with Crippen molar-refractivity contribution in [2.75, 3.05) is 26.2 Å². The van der Waals surface area contributed by atoms with Gasteiger partial charge >= 0.3 is 0 Å². The zero-order valence-corrected chi connectivity index (χ0v) is 34.2. The Kier molecular flexibility index (Phi) is 10.4. The Labute approximate surface area is 326 Å². The van der Waals surface area contributed by atoms with E-state index in [1.807, 2.05) is 46.8 Å². The van der Waals surface area contributed by atoms with Crippen LogP contribution in [0.5, 0.6) is 17.2 Å². The van der Waals surface area contributed by atoms with Gasteiger partial charge in [-0.05, 0) is 132 Å². The van der Waals surface area contributed by atoms with Crippen LogP contribution in [0.2, 0.25) is 0 Å². The van der Waals surface area contributed by atoms with Crippen molar-refractivity contribution in [1.82, 2.24) is 10.2 Å². The summed E-state index contributed by atoms with van der Waals surface area (Å²) < 4.78 is 21.1. The number of phenols is 1. The van der Waals surface area contributed by atoms with E-state index in [2.05, 4.69) is 36.2 Å². The number of ketones is 2. The second-order valence-electron chi connectivity index (χ2n) is 18.0. The average molecular weight is 753 g/mol. The van der Waals surface area contributed by atoms with Crippen LogP contribution in [0.3, 0.4) is 0 Å². The van der Waals surface area contributed by atoms with Gasteiger partial charge in [0.1, 0.15) is 28.4 Å². The Balaban J connectivity index is 1.27. The van der Waals surface area contributed by atoms with Gasteiger partial charge in [0.05, 0.1) is 11.2 Å². The Hall–Kier alpha value is -3.95. The van der Waals surface area contributed by atoms with Gasteiger partial charge in [0.15, 0.2) is 22.8 Å². The normalized spacial score (nSPS) is 30.0. The molecule has 8 rings (SSSR count). The highest BCUT2D eigenvalue weighted by Gasteiger charge is 2.81. The number of hydrogen-bond acceptors (Lipinski definition) is 8. The molecular weight excluding hydrogens is 693 g/mol. The van der Waals surface area contributed by atoms with Crippen LogP contribution >= 0.6 is 0 Å². The third kappa shape index (κ3) is 6.63. The van der Waals surface area contributed by atoms with E-state index in [1.54, 1.807) is 19.1 Å². The molecule has 7 aliphatic rings. The zero-order chi connectivity index (χ0) is 39.5. The van der Waals surface area contributed by atoms with E-state index < -0.39 is 28.3 Å². The molecule has 9 nitrogen and oxygen atoms in total. The van der Waals surface area contributed by atoms with Crippen LogP contribution in [-0.2, 0) is 20.7 Å². The van der Waals surface area contributed by atoms with Crippen LogP contribution in [-0.4, -0.2) is 76.1 Å². The summed E-state index contributed by atoms with van der Waals surface area (Å²) in [5.41, 5.74) is -0.166. The van der Waals surface area contributed by atoms with Gasteiger partial charge < -0.3 is 29.5 Å². The lowest BCUT2D eigenvalue weighted by Gasteiger charge is -2.56. The first-order chi connectivity index (χ1) is 26.0. The Bertz CT molecular complexity index is 1940. The number of piperidine rings is 1. The number of likely N-dealkylation sites (tertiary alicyclic amines) is 1. The summed E-state index contributed by atoms with van der Waals surface area (Å²) in [6, 6.07) is 0. The molecule has 0 aromatic heterocycles. The molecule has 4 aliphatic heterocycles. The van der Waals surface area contributed by atoms with Gasteiger partial charge in [-0.25, -0.2) is 0 Å². The molecule has 5 atom stereocenters. The summed E-state index contributed by atoms with van der Waals surface area (Å²) in [5, 5.41) is 15.0. The first kappa shape index (κ1) is 39.3. The molecule has 2 N–H and O–H groups in total. The fourth-order valence-corrected chi connectivity index (χ4v) is 10.0. The Morgan fingerprint density at radius 2 is 1.71 bits per heavy atom. The van der Waals surface area contributed by atoms with E-state index in [1.165, 1.54) is 24.8 Å². The molecule has 9 heteroatoms. The predicted molar refractivity (Wildman–Crippen MR) is 215 cm³/mol. The third-order valence-corrected chi connectivity index (χ3v) is 12.9. The number of benzene rings is 1. The predicted octanol–water partition coefficient (Wildman–Crippen LogP) is 8.15. The fourth-order valence-electron chi connectivity index (χ4n) is 10.0. The van der Waals surface area contributed by atoms with E-state index in [-0.39, 0.29) is 46.9 Å². The minimum absolute atomic E-state index is 0.0666. The van der Waals surface area contributed by atoms with E-state index in [0.717, 1.165) is 38.0 Å². The van der Waals surface area contributed by atoms with Crippen LogP contribution in [0.1, 0.15) is 128 Å². The van der Waals surface area contributed by atoms with Crippen LogP contribution < -0.4 is 14.8 Å². The summed E-state index contributed by atoms with van der Waals surface area (Å²) in [6.45, 7) is 19.7. The maximum atomic E-state index is 15.0. The van der Waals surface area contributed by atoms with E-state index >= 15 is 4.79 Å². The largest absolute Gasteiger partial charge is 0.506 e. The SMILES string of the molecule is CC(C)=CCCC1(C)C=Cc2c(O)c3c(c(CC=C(C)C)c2O1)OC12C(=CC4CC1C(C)(C)OC2(CC=C(C)C(=O)NCCCN1CCCCC1)C4=O)C3=O. The standard InChI is InChI=1S/C46H60N2O7/c1-28(2)14-12-19-44(8)20-18-32-37(49)36-38(50)34-26-31-27-35-43(6,7)55-45(41(31)51,46(34,35)54-40(36)33(39(32)53-44)16-15-29(3)4)21-17-30(5)42(52)47-22-13-25-48-23-10-9-11-24-48/h14-15,17-18,20,26,31,35,49H,9-13,16,19,21-25,27H2,1-8H3,(H,47,52). The Morgan fingerprint density at radius 3 is 2.42 bits per heavy atom. The smallest absolute Gasteiger partial charge is 0.246 e. The van der Waals surface area contributed by atoms with Gasteiger partial charge in [-0.3, -0.25) is 14.4 Å². The van der Waals surface area contributed by atoms with Crippen molar-refractivity contribution in [3.05, 3.63) is 69.4 Å². The maximum Gasteiger partial charge on any atom is 0.246 e. The molecule has 1 aromatic carbocycles. The van der Waals surface area contributed by atoms with Gasteiger partial charge in [0.25, 0.3) is 0 Å². The number of fused-ring (bicyclic) bond motifs is 2. The van der Waals surface area contributed by atoms with Gasteiger partial charge in [-0.1, -0.05) is 41.9 Å². The summed E-state index contributed by atoms with van der Waals surface area (Å²) in [7, 11) is 0. The van der Waals surface area contributed by atoms with Crippen molar-refractivity contribution in [2.24, 2.45) is 11.8 Å². The number of aromatic hydroxyl groups is 1. The summed E-state index contributed by atoms with van der Waals surface area (Å²) >= 11 is 0. The van der Waals surface area contributed by atoms with Gasteiger partial charge in [0.2, 0.25) is 5.91 Å². The minimum Gasteiger partial charge on any atom is -0.506 e. The molecule has 55 heavy (non-hydrogen) atoms. The van der Waals surface area contributed by atoms with Crippen LogP contribution in [0, 0.1) is 11.8 Å². The molecule has 5 unspecified atom stereocenters. The number of allylic oxidation sites excluding steroid dienone is 5. The Morgan fingerprint density at radius 1 is 0.982 bits per heavy atom. The molecule has 1 aromatic rings. The lowest BCUT2D eigenvalue weighted by molar-refractivity contribution is -0.171. The van der Waals surface area contributed by atoms with Crippen molar-refractivity contribution in [1.29, 1.82) is 0 Å². The molecule has 296 valence electrons. The third-order valence-electron chi connectivity index (χ3n) is 12.9. The molecule has 1 saturated carbocycles. The van der Waals surface area contributed by atoms with Gasteiger partial charge in [-0.15, -0.1) is 0 Å². The van der Waals surface area contributed by atoms with Crippen LogP contribution in [0.4, 0.5) is 0 Å². The molecule has 2 saturated heterocycles. The highest BCUT2D eigenvalue weighted by atomic mass is 16.6. The quantitative estimate of drug-likeness (QED) is 0.125. The number of ether oxygens (including phenoxy) is 3. The number of phenolic OH excluding ortho intramolecular Hbond substituents is 1. The number of carbonyl (C=O) groups excluding carboxylic acids is 3. The molecule has 3 aliphatic carbocycles. The summed E-state index contributed by atoms with van der Waals surface area (Å²) in [5.74, 6) is -1.03. The van der Waals surface area contributed by atoms with Crippen molar-refractivity contribution >= 4 is 23.5 Å². The number of amides is 1. The molecule has 1 spiro atoms. The second kappa shape index (κ2) is 14.5. The van der Waals surface area contributed by atoms with Crippen molar-refractivity contribution in [3.63, 3.8) is 0 Å². The lowest BCUT2D eigenvalue weighted by Crippen LogP contribution is -2.72. The topological polar surface area (TPSA) is 114 Å². The number of hydrogen-bond donors (Lipinski definition) is 2. The van der Waals surface area contributed by atoms with E-state index in [9.17, 15) is 14.7 Å². The van der Waals surface area contributed by atoms with Gasteiger partial charge in [0, 0.05) is 41.5 Å². The zero-order valence-electron chi connectivity index (χ0n) is 34.2. The monoisotopic (exact) mass is 752 g/mol. The fraction of sp³-hybridized carbons (Fsp3) is 0.587. The van der Waals surface area contributed by atoms with Crippen LogP contribution in [0.15, 0.2) is 52.7 Å². The van der Waals surface area contributed by atoms with Crippen molar-refractivity contribution in [3.8, 4) is 17.2 Å². The van der Waals surface area contributed by atoms with E-state index in [0.29, 0.717) is 53.8 Å². The maximum absolute atomic E-state index is 15.0. The summed E-state index contributed by atoms with van der Waals surface area (Å²) in [6.07, 6.45) is 18.7. The molecular formula is C46H60N2O7. The number of Topliss-reactive ketones (excluding diaryl/α,β-unsaturated/α-hetero) is 2. The first-order valence-corrected chi connectivity index (χ1v) is 20.5. The van der Waals surface area contributed by atoms with Crippen molar-refractivity contribution < 1.29 is 33.7 Å². The van der Waals surface area contributed by atoms with E-state index in [4.69, 9.17) is 14.2 Å². The average Bonchev–Trinajstić information content (AvgIpc) is 3.29. The second-order valence-corrected chi connectivity index (χ2v) is 18.0. The number of nitrogens with one attached hydrogen (secondary N) is 1. The molecule has 0 radical (unpaired) electrons. The molecule has 1 amide bonds. The number of rotatable bonds is 12. The first-order valence-electron chi connectivity index (χ1n) is 20.5. The number of carbonyl (C=O) groups is 3. The summed E-state index contributed by atoms with van der Waals surface area (Å²) in [4.78, 5) is 45.5. The van der Waals surface area contributed by atoms with Crippen LogP contribution in [0.25, 0.3) is 6.08 Å². The highest BCUT2D eigenvalue weighted by molar-refractivity contribution is 6.19. The molecule has 3 fully saturated rings. The minimum atomic E-state index is -1.56. The lowest BCUT2D eigenvalue weighted by atomic mass is 9.51. The molecule has 4 bridgehead atoms. The van der Waals surface area contributed by atoms with Gasteiger partial charge in [-0.2, -0.15) is 0 Å². The number of nitrogens with zero attached hydrogens (tertiary/aromatic N) is 1.